The molecular formula is C14H17ClN4O4. The van der Waals surface area contributed by atoms with Crippen molar-refractivity contribution in [2.24, 2.45) is 0 Å². The third kappa shape index (κ3) is 5.29. The molecule has 0 bridgehead atoms. The molecule has 1 amide bonds. The highest BCUT2D eigenvalue weighted by Gasteiger charge is 2.14. The summed E-state index contributed by atoms with van der Waals surface area (Å²) in [7, 11) is 0. The molecular weight excluding hydrogens is 324 g/mol. The minimum absolute atomic E-state index is 0.000220. The van der Waals surface area contributed by atoms with Crippen molar-refractivity contribution in [2.45, 2.75) is 0 Å². The molecule has 23 heavy (non-hydrogen) atoms. The minimum atomic E-state index is -0.377. The largest absolute Gasteiger partial charge is 0.403 e. The number of rotatable bonds is 8. The van der Waals surface area contributed by atoms with Gasteiger partial charge in [-0.05, 0) is 24.3 Å². The number of aromatic nitrogens is 2. The van der Waals surface area contributed by atoms with Crippen molar-refractivity contribution in [2.75, 3.05) is 38.2 Å². The molecule has 0 spiro atoms. The monoisotopic (exact) mass is 340 g/mol. The van der Waals surface area contributed by atoms with Gasteiger partial charge in [-0.1, -0.05) is 16.7 Å². The number of nitrogens with zero attached hydrogens (tertiary/aromatic N) is 3. The third-order valence-electron chi connectivity index (χ3n) is 2.96. The second-order valence-corrected chi connectivity index (χ2v) is 5.13. The predicted octanol–water partition coefficient (Wildman–Crippen LogP) is 0.615. The molecule has 3 N–H and O–H groups in total. The van der Waals surface area contributed by atoms with Gasteiger partial charge >= 0.3 is 6.01 Å². The van der Waals surface area contributed by atoms with Crippen molar-refractivity contribution in [3.05, 3.63) is 29.3 Å². The maximum Gasteiger partial charge on any atom is 0.322 e. The fourth-order valence-corrected chi connectivity index (χ4v) is 2.02. The number of carbonyl (C=O) groups excluding carboxylic acids is 1. The molecule has 0 fully saturated rings. The first-order valence-electron chi connectivity index (χ1n) is 6.95. The first-order valence-corrected chi connectivity index (χ1v) is 7.33. The molecule has 0 radical (unpaired) electrons. The summed E-state index contributed by atoms with van der Waals surface area (Å²) in [5, 5.41) is 28.5. The average molecular weight is 341 g/mol. The van der Waals surface area contributed by atoms with Crippen LogP contribution in [0.5, 0.6) is 0 Å². The van der Waals surface area contributed by atoms with E-state index in [9.17, 15) is 4.79 Å². The van der Waals surface area contributed by atoms with Crippen LogP contribution in [0, 0.1) is 0 Å². The van der Waals surface area contributed by atoms with E-state index in [2.05, 4.69) is 15.5 Å². The lowest BCUT2D eigenvalue weighted by molar-refractivity contribution is -0.117. The molecule has 124 valence electrons. The minimum Gasteiger partial charge on any atom is -0.403 e. The number of nitrogens with one attached hydrogen (secondary N) is 1. The van der Waals surface area contributed by atoms with E-state index in [4.69, 9.17) is 26.2 Å². The van der Waals surface area contributed by atoms with Crippen molar-refractivity contribution < 1.29 is 19.4 Å². The zero-order valence-electron chi connectivity index (χ0n) is 12.3. The number of hydrogen-bond donors (Lipinski definition) is 3. The Morgan fingerprint density at radius 1 is 1.17 bits per heavy atom. The fourth-order valence-electron chi connectivity index (χ4n) is 1.90. The van der Waals surface area contributed by atoms with Gasteiger partial charge in [0.1, 0.15) is 0 Å². The molecule has 0 saturated carbocycles. The molecule has 9 heteroatoms. The van der Waals surface area contributed by atoms with E-state index in [1.165, 1.54) is 0 Å². The number of carbonyl (C=O) groups is 1. The Hall–Kier alpha value is -2.00. The van der Waals surface area contributed by atoms with Crippen LogP contribution in [0.4, 0.5) is 6.01 Å². The summed E-state index contributed by atoms with van der Waals surface area (Å²) in [6.07, 6.45) is 0. The van der Waals surface area contributed by atoms with Gasteiger partial charge in [-0.15, -0.1) is 5.10 Å². The standard InChI is InChI=1S/C14H17ClN4O4/c15-11-3-1-10(2-4-11)13-17-18-14(23-13)16-12(22)9-19(5-7-20)6-8-21/h1-4,20-21H,5-9H2,(H,16,18,22). The summed E-state index contributed by atoms with van der Waals surface area (Å²) in [6, 6.07) is 6.83. The van der Waals surface area contributed by atoms with Gasteiger partial charge in [-0.2, -0.15) is 0 Å². The smallest absolute Gasteiger partial charge is 0.322 e. The van der Waals surface area contributed by atoms with Crippen molar-refractivity contribution in [3.8, 4) is 11.5 Å². The molecule has 0 aliphatic heterocycles. The van der Waals surface area contributed by atoms with Crippen LogP contribution in [0.2, 0.25) is 5.02 Å². The molecule has 2 rings (SSSR count). The molecule has 2 aromatic rings. The number of halogens is 1. The highest BCUT2D eigenvalue weighted by atomic mass is 35.5. The van der Waals surface area contributed by atoms with E-state index in [1.54, 1.807) is 29.2 Å². The predicted molar refractivity (Wildman–Crippen MR) is 84.0 cm³/mol. The highest BCUT2D eigenvalue weighted by molar-refractivity contribution is 6.30. The van der Waals surface area contributed by atoms with Crippen molar-refractivity contribution >= 4 is 23.5 Å². The van der Waals surface area contributed by atoms with E-state index < -0.39 is 0 Å². The summed E-state index contributed by atoms with van der Waals surface area (Å²) in [6.45, 7) is 0.366. The van der Waals surface area contributed by atoms with Crippen LogP contribution >= 0.6 is 11.6 Å². The summed E-state index contributed by atoms with van der Waals surface area (Å²) in [5.74, 6) is -0.113. The molecule has 0 aliphatic carbocycles. The number of benzene rings is 1. The molecule has 1 aromatic carbocycles. The van der Waals surface area contributed by atoms with Gasteiger partial charge in [-0.3, -0.25) is 15.0 Å². The van der Waals surface area contributed by atoms with Crippen LogP contribution in [0.1, 0.15) is 0 Å². The summed E-state index contributed by atoms with van der Waals surface area (Å²) in [4.78, 5) is 13.5. The Balaban J connectivity index is 1.95. The van der Waals surface area contributed by atoms with Gasteiger partial charge in [0.25, 0.3) is 0 Å². The Labute approximate surface area is 137 Å². The second-order valence-electron chi connectivity index (χ2n) is 4.69. The maximum atomic E-state index is 11.9. The summed E-state index contributed by atoms with van der Waals surface area (Å²) < 4.78 is 5.37. The number of hydrogen-bond acceptors (Lipinski definition) is 7. The van der Waals surface area contributed by atoms with E-state index in [0.29, 0.717) is 10.6 Å². The Morgan fingerprint density at radius 2 is 1.83 bits per heavy atom. The van der Waals surface area contributed by atoms with Crippen LogP contribution in [-0.2, 0) is 4.79 Å². The van der Waals surface area contributed by atoms with Crippen molar-refractivity contribution in [1.82, 2.24) is 15.1 Å². The van der Waals surface area contributed by atoms with Crippen molar-refractivity contribution in [3.63, 3.8) is 0 Å². The summed E-state index contributed by atoms with van der Waals surface area (Å²) in [5.41, 5.74) is 0.685. The first-order chi connectivity index (χ1) is 11.1. The van der Waals surface area contributed by atoms with Gasteiger partial charge in [0, 0.05) is 23.7 Å². The molecule has 8 nitrogen and oxygen atoms in total. The lowest BCUT2D eigenvalue weighted by Crippen LogP contribution is -2.37. The van der Waals surface area contributed by atoms with Gasteiger partial charge in [-0.25, -0.2) is 0 Å². The second kappa shape index (κ2) is 8.59. The van der Waals surface area contributed by atoms with Gasteiger partial charge < -0.3 is 14.6 Å². The molecule has 0 atom stereocenters. The van der Waals surface area contributed by atoms with E-state index in [0.717, 1.165) is 0 Å². The highest BCUT2D eigenvalue weighted by Crippen LogP contribution is 2.21. The normalized spacial score (nSPS) is 11.0. The lowest BCUT2D eigenvalue weighted by atomic mass is 10.2. The topological polar surface area (TPSA) is 112 Å². The van der Waals surface area contributed by atoms with Crippen LogP contribution < -0.4 is 5.32 Å². The van der Waals surface area contributed by atoms with Crippen LogP contribution in [0.3, 0.4) is 0 Å². The van der Waals surface area contributed by atoms with Gasteiger partial charge in [0.15, 0.2) is 0 Å². The average Bonchev–Trinajstić information content (AvgIpc) is 2.96. The van der Waals surface area contributed by atoms with E-state index in [-0.39, 0.29) is 50.7 Å². The molecule has 0 aliphatic rings. The quantitative estimate of drug-likeness (QED) is 0.645. The zero-order valence-corrected chi connectivity index (χ0v) is 13.0. The Bertz CT molecular complexity index is 626. The fraction of sp³-hybridized carbons (Fsp3) is 0.357. The first kappa shape index (κ1) is 17.4. The van der Waals surface area contributed by atoms with Crippen LogP contribution in [0.15, 0.2) is 28.7 Å². The summed E-state index contributed by atoms with van der Waals surface area (Å²) >= 11 is 5.81. The van der Waals surface area contributed by atoms with Crippen LogP contribution in [0.25, 0.3) is 11.5 Å². The zero-order chi connectivity index (χ0) is 16.7. The number of anilines is 1. The van der Waals surface area contributed by atoms with Gasteiger partial charge in [0.2, 0.25) is 11.8 Å². The van der Waals surface area contributed by atoms with Gasteiger partial charge in [0.05, 0.1) is 19.8 Å². The number of aliphatic hydroxyl groups excluding tert-OH is 2. The maximum absolute atomic E-state index is 11.9. The molecule has 0 saturated heterocycles. The SMILES string of the molecule is O=C(CN(CCO)CCO)Nc1nnc(-c2ccc(Cl)cc2)o1. The Morgan fingerprint density at radius 3 is 2.43 bits per heavy atom. The number of aliphatic hydroxyl groups is 2. The molecule has 0 unspecified atom stereocenters. The van der Waals surface area contributed by atoms with E-state index in [1.807, 2.05) is 0 Å². The lowest BCUT2D eigenvalue weighted by Gasteiger charge is -2.18. The molecule has 1 heterocycles. The van der Waals surface area contributed by atoms with E-state index >= 15 is 0 Å². The third-order valence-corrected chi connectivity index (χ3v) is 3.21. The number of amides is 1. The van der Waals surface area contributed by atoms with Crippen molar-refractivity contribution in [1.29, 1.82) is 0 Å². The molecule has 1 aromatic heterocycles. The van der Waals surface area contributed by atoms with Crippen LogP contribution in [-0.4, -0.2) is 64.1 Å². The Kier molecular flexibility index (Phi) is 6.48.